The minimum atomic E-state index is -0.481. The number of hydrazone groups is 1. The monoisotopic (exact) mass is 378 g/mol. The van der Waals surface area contributed by atoms with Crippen LogP contribution in [0.4, 0.5) is 0 Å². The van der Waals surface area contributed by atoms with E-state index in [9.17, 15) is 9.90 Å². The predicted molar refractivity (Wildman–Crippen MR) is 98.9 cm³/mol. The lowest BCUT2D eigenvalue weighted by Crippen LogP contribution is -2.19. The van der Waals surface area contributed by atoms with Crippen molar-refractivity contribution >= 4 is 23.2 Å². The van der Waals surface area contributed by atoms with E-state index in [0.29, 0.717) is 33.5 Å². The molecule has 0 aliphatic heterocycles. The summed E-state index contributed by atoms with van der Waals surface area (Å²) in [6, 6.07) is 7.60. The molecule has 0 unspecified atom stereocenters. The van der Waals surface area contributed by atoms with E-state index in [1.54, 1.807) is 19.1 Å². The van der Waals surface area contributed by atoms with Crippen molar-refractivity contribution in [1.29, 1.82) is 0 Å². The zero-order valence-electron chi connectivity index (χ0n) is 14.8. The molecular formula is C18H19ClN2O5. The zero-order valence-corrected chi connectivity index (χ0v) is 15.5. The molecule has 8 heteroatoms. The van der Waals surface area contributed by atoms with Crippen LogP contribution in [0.15, 0.2) is 35.4 Å². The van der Waals surface area contributed by atoms with Crippen molar-refractivity contribution in [3.8, 4) is 23.0 Å². The van der Waals surface area contributed by atoms with Crippen LogP contribution in [0.5, 0.6) is 23.0 Å². The van der Waals surface area contributed by atoms with Crippen LogP contribution in [-0.4, -0.2) is 38.1 Å². The Kier molecular flexibility index (Phi) is 6.30. The Morgan fingerprint density at radius 1 is 1.08 bits per heavy atom. The van der Waals surface area contributed by atoms with Gasteiger partial charge in [0.1, 0.15) is 5.75 Å². The van der Waals surface area contributed by atoms with Crippen LogP contribution in [0.3, 0.4) is 0 Å². The zero-order chi connectivity index (χ0) is 19.3. The van der Waals surface area contributed by atoms with Crippen molar-refractivity contribution in [2.24, 2.45) is 5.10 Å². The number of nitrogens with one attached hydrogen (secondary N) is 1. The van der Waals surface area contributed by atoms with Crippen molar-refractivity contribution in [3.63, 3.8) is 0 Å². The van der Waals surface area contributed by atoms with Crippen molar-refractivity contribution in [3.05, 3.63) is 46.5 Å². The van der Waals surface area contributed by atoms with Gasteiger partial charge in [0.2, 0.25) is 5.75 Å². The highest BCUT2D eigenvalue weighted by Gasteiger charge is 2.17. The number of hydrogen-bond acceptors (Lipinski definition) is 6. The largest absolute Gasteiger partial charge is 0.507 e. The Labute approximate surface area is 156 Å². The number of phenolic OH excluding ortho intramolecular Hbond substituents is 1. The molecule has 0 aliphatic carbocycles. The second-order valence-electron chi connectivity index (χ2n) is 5.21. The van der Waals surface area contributed by atoms with Gasteiger partial charge in [0, 0.05) is 16.1 Å². The van der Waals surface area contributed by atoms with Crippen LogP contribution in [-0.2, 0) is 0 Å². The SMILES string of the molecule is COc1cc(C(=O)N/N=C(\C)c2cc(Cl)ccc2O)cc(OC)c1OC. The number of aromatic hydroxyl groups is 1. The quantitative estimate of drug-likeness (QED) is 0.595. The van der Waals surface area contributed by atoms with Gasteiger partial charge < -0.3 is 19.3 Å². The Bertz CT molecular complexity index is 826. The molecule has 2 N–H and O–H groups in total. The smallest absolute Gasteiger partial charge is 0.271 e. The van der Waals surface area contributed by atoms with Gasteiger partial charge in [0.05, 0.1) is 27.0 Å². The Morgan fingerprint density at radius 3 is 2.23 bits per heavy atom. The summed E-state index contributed by atoms with van der Waals surface area (Å²) in [5, 5.41) is 14.3. The van der Waals surface area contributed by atoms with Crippen LogP contribution in [0, 0.1) is 0 Å². The van der Waals surface area contributed by atoms with E-state index in [4.69, 9.17) is 25.8 Å². The number of methoxy groups -OCH3 is 3. The number of phenols is 1. The molecule has 26 heavy (non-hydrogen) atoms. The van der Waals surface area contributed by atoms with E-state index in [1.165, 1.54) is 39.5 Å². The van der Waals surface area contributed by atoms with E-state index >= 15 is 0 Å². The number of carbonyl (C=O) groups is 1. The molecule has 2 aromatic carbocycles. The summed E-state index contributed by atoms with van der Waals surface area (Å²) in [4.78, 5) is 12.4. The molecule has 0 atom stereocenters. The van der Waals surface area contributed by atoms with Crippen LogP contribution in [0.25, 0.3) is 0 Å². The standard InChI is InChI=1S/C18H19ClN2O5/c1-10(13-9-12(19)5-6-14(13)22)20-21-18(23)11-7-15(24-2)17(26-4)16(8-11)25-3/h5-9,22H,1-4H3,(H,21,23)/b20-10+. The third kappa shape index (κ3) is 4.18. The average molecular weight is 379 g/mol. The van der Waals surface area contributed by atoms with Crippen molar-refractivity contribution in [1.82, 2.24) is 5.43 Å². The first-order valence-corrected chi connectivity index (χ1v) is 7.92. The third-order valence-electron chi connectivity index (χ3n) is 3.60. The molecule has 0 spiro atoms. The highest BCUT2D eigenvalue weighted by atomic mass is 35.5. The molecule has 138 valence electrons. The van der Waals surface area contributed by atoms with E-state index < -0.39 is 5.91 Å². The number of halogens is 1. The first-order valence-electron chi connectivity index (χ1n) is 7.54. The lowest BCUT2D eigenvalue weighted by Gasteiger charge is -2.13. The Hall–Kier alpha value is -2.93. The summed E-state index contributed by atoms with van der Waals surface area (Å²) in [5.74, 6) is 0.619. The molecule has 7 nitrogen and oxygen atoms in total. The highest BCUT2D eigenvalue weighted by molar-refractivity contribution is 6.31. The van der Waals surface area contributed by atoms with E-state index in [0.717, 1.165) is 0 Å². The molecule has 0 saturated heterocycles. The van der Waals surface area contributed by atoms with Gasteiger partial charge in [-0.25, -0.2) is 5.43 Å². The number of rotatable bonds is 6. The van der Waals surface area contributed by atoms with Crippen LogP contribution in [0.1, 0.15) is 22.8 Å². The Balaban J connectivity index is 2.28. The van der Waals surface area contributed by atoms with Gasteiger partial charge in [0.25, 0.3) is 5.91 Å². The third-order valence-corrected chi connectivity index (χ3v) is 3.84. The van der Waals surface area contributed by atoms with Gasteiger partial charge in [-0.05, 0) is 37.3 Å². The van der Waals surface area contributed by atoms with E-state index in [2.05, 4.69) is 10.5 Å². The fraction of sp³-hybridized carbons (Fsp3) is 0.222. The highest BCUT2D eigenvalue weighted by Crippen LogP contribution is 2.38. The molecule has 2 rings (SSSR count). The fourth-order valence-corrected chi connectivity index (χ4v) is 2.44. The average Bonchev–Trinajstić information content (AvgIpc) is 2.66. The van der Waals surface area contributed by atoms with Crippen LogP contribution < -0.4 is 19.6 Å². The number of amides is 1. The molecule has 2 aromatic rings. The Morgan fingerprint density at radius 2 is 1.69 bits per heavy atom. The van der Waals surface area contributed by atoms with Crippen molar-refractivity contribution < 1.29 is 24.1 Å². The number of benzene rings is 2. The minimum absolute atomic E-state index is 0.0117. The van der Waals surface area contributed by atoms with Gasteiger partial charge in [-0.1, -0.05) is 11.6 Å². The number of carbonyl (C=O) groups excluding carboxylic acids is 1. The predicted octanol–water partition coefficient (Wildman–Crippen LogP) is 3.23. The molecule has 0 aromatic heterocycles. The first kappa shape index (κ1) is 19.4. The summed E-state index contributed by atoms with van der Waals surface area (Å²) < 4.78 is 15.7. The van der Waals surface area contributed by atoms with Crippen molar-refractivity contribution in [2.75, 3.05) is 21.3 Å². The van der Waals surface area contributed by atoms with Gasteiger partial charge in [-0.3, -0.25) is 4.79 Å². The summed E-state index contributed by atoms with van der Waals surface area (Å²) in [7, 11) is 4.40. The summed E-state index contributed by atoms with van der Waals surface area (Å²) >= 11 is 5.92. The minimum Gasteiger partial charge on any atom is -0.507 e. The van der Waals surface area contributed by atoms with E-state index in [1.807, 2.05) is 0 Å². The van der Waals surface area contributed by atoms with Gasteiger partial charge in [-0.15, -0.1) is 0 Å². The van der Waals surface area contributed by atoms with Gasteiger partial charge in [0.15, 0.2) is 11.5 Å². The molecule has 1 amide bonds. The number of hydrogen-bond donors (Lipinski definition) is 2. The summed E-state index contributed by atoms with van der Waals surface area (Å²) in [6.07, 6.45) is 0. The molecule has 0 heterocycles. The lowest BCUT2D eigenvalue weighted by atomic mass is 10.1. The van der Waals surface area contributed by atoms with Crippen molar-refractivity contribution in [2.45, 2.75) is 6.92 Å². The second-order valence-corrected chi connectivity index (χ2v) is 5.65. The van der Waals surface area contributed by atoms with Gasteiger partial charge in [-0.2, -0.15) is 5.10 Å². The number of ether oxygens (including phenoxy) is 3. The second kappa shape index (κ2) is 8.44. The van der Waals surface area contributed by atoms with Crippen LogP contribution in [0.2, 0.25) is 5.02 Å². The van der Waals surface area contributed by atoms with Gasteiger partial charge >= 0.3 is 0 Å². The molecule has 0 fully saturated rings. The normalized spacial score (nSPS) is 11.0. The maximum absolute atomic E-state index is 12.4. The molecule has 0 radical (unpaired) electrons. The number of nitrogens with zero attached hydrogens (tertiary/aromatic N) is 1. The van der Waals surface area contributed by atoms with Crippen LogP contribution >= 0.6 is 11.6 Å². The lowest BCUT2D eigenvalue weighted by molar-refractivity contribution is 0.0954. The fourth-order valence-electron chi connectivity index (χ4n) is 2.27. The maximum atomic E-state index is 12.4. The molecule has 0 aliphatic rings. The molecule has 0 saturated carbocycles. The maximum Gasteiger partial charge on any atom is 0.271 e. The van der Waals surface area contributed by atoms with E-state index in [-0.39, 0.29) is 11.3 Å². The molecule has 0 bridgehead atoms. The summed E-state index contributed by atoms with van der Waals surface area (Å²) in [6.45, 7) is 1.64. The topological polar surface area (TPSA) is 89.4 Å². The first-order chi connectivity index (χ1) is 12.4. The summed E-state index contributed by atoms with van der Waals surface area (Å²) in [5.41, 5.74) is 3.51. The molecular weight excluding hydrogens is 360 g/mol.